The number of carbonyl (C=O) groups excluding carboxylic acids is 1. The largest absolute Gasteiger partial charge is 0.494 e. The number of halogens is 1. The Balaban J connectivity index is 1.44. The molecule has 3 N–H and O–H groups in total. The summed E-state index contributed by atoms with van der Waals surface area (Å²) in [6, 6.07) is 32.1. The molecule has 4 aromatic rings. The van der Waals surface area contributed by atoms with Crippen molar-refractivity contribution in [2.24, 2.45) is 5.41 Å². The van der Waals surface area contributed by atoms with E-state index in [1.807, 2.05) is 97.9 Å². The molecule has 0 amide bonds. The first-order valence-corrected chi connectivity index (χ1v) is 16.0. The van der Waals surface area contributed by atoms with Crippen molar-refractivity contribution in [1.82, 2.24) is 0 Å². The number of ketones is 1. The molecule has 0 radical (unpaired) electrons. The third-order valence-electron chi connectivity index (χ3n) is 9.58. The smallest absolute Gasteiger partial charge is 0.175 e. The molecule has 2 unspecified atom stereocenters. The van der Waals surface area contributed by atoms with E-state index in [0.717, 1.165) is 28.0 Å². The maximum atomic E-state index is 14.3. The van der Waals surface area contributed by atoms with Gasteiger partial charge < -0.3 is 29.5 Å². The highest BCUT2D eigenvalue weighted by Gasteiger charge is 2.75. The predicted molar refractivity (Wildman–Crippen MR) is 175 cm³/mol. The molecule has 46 heavy (non-hydrogen) atoms. The van der Waals surface area contributed by atoms with E-state index in [1.165, 1.54) is 0 Å². The zero-order chi connectivity index (χ0) is 32.3. The summed E-state index contributed by atoms with van der Waals surface area (Å²) in [6.45, 7) is 2.08. The molecule has 0 aromatic heterocycles. The summed E-state index contributed by atoms with van der Waals surface area (Å²) in [5.74, 6) is 0.293. The molecular weight excluding hydrogens is 604 g/mol. The molecule has 2 aliphatic rings. The molecule has 2 bridgehead atoms. The van der Waals surface area contributed by atoms with Crippen molar-refractivity contribution in [3.63, 3.8) is 0 Å². The van der Waals surface area contributed by atoms with Gasteiger partial charge in [-0.2, -0.15) is 0 Å². The van der Waals surface area contributed by atoms with Gasteiger partial charge in [0.2, 0.25) is 0 Å². The van der Waals surface area contributed by atoms with E-state index >= 15 is 0 Å². The highest BCUT2D eigenvalue weighted by atomic mass is 35.5. The van der Waals surface area contributed by atoms with Gasteiger partial charge in [0.15, 0.2) is 5.78 Å². The fourth-order valence-electron chi connectivity index (χ4n) is 7.24. The standard InChI is InChI=1S/C38H39ClO7/c1-2-44-30-16-13-25(14-17-30)19-28-20-29(15-18-31(28)39)38-32(41)21-37(24-40,36(38)43)34(42)33(45-22-26-9-5-3-6-10-26)35(38)46-23-27-11-7-4-8-12-27/h3-18,20,32-33,35-36,40-41,43H,2,19,21-24H2,1H3/t32?,33-,35-,36?,37+,38+/m0/s1. The van der Waals surface area contributed by atoms with Crippen molar-refractivity contribution < 1.29 is 34.3 Å². The van der Waals surface area contributed by atoms with Gasteiger partial charge in [0.05, 0.1) is 49.5 Å². The molecule has 7 nitrogen and oxygen atoms in total. The molecule has 0 aliphatic heterocycles. The van der Waals surface area contributed by atoms with Gasteiger partial charge in [-0.15, -0.1) is 0 Å². The molecule has 0 heterocycles. The molecule has 2 aliphatic carbocycles. The third-order valence-corrected chi connectivity index (χ3v) is 9.95. The number of rotatable bonds is 12. The summed E-state index contributed by atoms with van der Waals surface area (Å²) in [5.41, 5.74) is 0.906. The van der Waals surface area contributed by atoms with E-state index in [2.05, 4.69) is 0 Å². The minimum absolute atomic E-state index is 0.107. The number of ether oxygens (including phenoxy) is 3. The van der Waals surface area contributed by atoms with Gasteiger partial charge in [0, 0.05) is 5.02 Å². The first-order chi connectivity index (χ1) is 22.3. The topological polar surface area (TPSA) is 105 Å². The average molecular weight is 643 g/mol. The number of carbonyl (C=O) groups is 1. The second-order valence-electron chi connectivity index (χ2n) is 12.2. The molecule has 4 aromatic carbocycles. The lowest BCUT2D eigenvalue weighted by Gasteiger charge is -2.51. The Labute approximate surface area is 274 Å². The monoisotopic (exact) mass is 642 g/mol. The van der Waals surface area contributed by atoms with Crippen LogP contribution in [0.1, 0.15) is 41.2 Å². The van der Waals surface area contributed by atoms with Gasteiger partial charge >= 0.3 is 0 Å². The second-order valence-corrected chi connectivity index (χ2v) is 12.6. The summed E-state index contributed by atoms with van der Waals surface area (Å²) < 4.78 is 18.5. The van der Waals surface area contributed by atoms with Crippen LogP contribution in [0.15, 0.2) is 103 Å². The van der Waals surface area contributed by atoms with E-state index in [1.54, 1.807) is 12.1 Å². The van der Waals surface area contributed by atoms with Crippen LogP contribution >= 0.6 is 11.6 Å². The van der Waals surface area contributed by atoms with Gasteiger partial charge in [-0.1, -0.05) is 96.5 Å². The number of aliphatic hydroxyl groups excluding tert-OH is 3. The van der Waals surface area contributed by atoms with Crippen LogP contribution < -0.4 is 4.74 Å². The van der Waals surface area contributed by atoms with Crippen LogP contribution in [0.3, 0.4) is 0 Å². The minimum atomic E-state index is -1.64. The number of fused-ring (bicyclic) bond motifs is 2. The Morgan fingerprint density at radius 2 is 1.46 bits per heavy atom. The Kier molecular flexibility index (Phi) is 9.62. The first kappa shape index (κ1) is 32.4. The lowest BCUT2D eigenvalue weighted by atomic mass is 9.59. The summed E-state index contributed by atoms with van der Waals surface area (Å²) >= 11 is 6.74. The summed E-state index contributed by atoms with van der Waals surface area (Å²) in [6.07, 6.45) is -4.61. The van der Waals surface area contributed by atoms with Gasteiger partial charge in [0.1, 0.15) is 18.0 Å². The van der Waals surface area contributed by atoms with Gasteiger partial charge in [0.25, 0.3) is 0 Å². The van der Waals surface area contributed by atoms with Crippen molar-refractivity contribution in [2.45, 2.75) is 62.8 Å². The lowest BCUT2D eigenvalue weighted by Crippen LogP contribution is -2.69. The van der Waals surface area contributed by atoms with Crippen molar-refractivity contribution in [3.05, 3.63) is 136 Å². The normalized spacial score (nSPS) is 27.1. The molecular formula is C38H39ClO7. The zero-order valence-corrected chi connectivity index (χ0v) is 26.5. The molecule has 6 atom stereocenters. The SMILES string of the molecule is CCOc1ccc(Cc2cc([C@@]34C(O)C[C@@](CO)(C(=O)[C@H](OCc5ccccc5)[C@@H]3OCc3ccccc3)C4O)ccc2Cl)cc1. The Morgan fingerprint density at radius 3 is 2.07 bits per heavy atom. The number of benzene rings is 4. The predicted octanol–water partition coefficient (Wildman–Crippen LogP) is 5.43. The first-order valence-electron chi connectivity index (χ1n) is 15.7. The molecule has 2 fully saturated rings. The van der Waals surface area contributed by atoms with Crippen molar-refractivity contribution >= 4 is 17.4 Å². The Morgan fingerprint density at radius 1 is 0.826 bits per heavy atom. The highest BCUT2D eigenvalue weighted by Crippen LogP contribution is 2.59. The van der Waals surface area contributed by atoms with Crippen LogP contribution in [-0.4, -0.2) is 58.7 Å². The molecule has 240 valence electrons. The molecule has 8 heteroatoms. The van der Waals surface area contributed by atoms with E-state index in [4.69, 9.17) is 25.8 Å². The molecule has 0 spiro atoms. The summed E-state index contributed by atoms with van der Waals surface area (Å²) in [4.78, 5) is 14.3. The number of hydrogen-bond acceptors (Lipinski definition) is 7. The minimum Gasteiger partial charge on any atom is -0.494 e. The molecule has 2 saturated carbocycles. The zero-order valence-electron chi connectivity index (χ0n) is 25.7. The van der Waals surface area contributed by atoms with Crippen LogP contribution in [-0.2, 0) is 39.3 Å². The number of Topliss-reactive ketones (excluding diaryl/α,β-unsaturated/α-hetero) is 1. The van der Waals surface area contributed by atoms with Crippen LogP contribution in [0.5, 0.6) is 5.75 Å². The van der Waals surface area contributed by atoms with Crippen molar-refractivity contribution in [3.8, 4) is 5.75 Å². The molecule has 6 rings (SSSR count). The number of hydrogen-bond donors (Lipinski definition) is 3. The van der Waals surface area contributed by atoms with Crippen LogP contribution in [0.4, 0.5) is 0 Å². The van der Waals surface area contributed by atoms with Gasteiger partial charge in [-0.25, -0.2) is 0 Å². The Bertz CT molecular complexity index is 1630. The maximum Gasteiger partial charge on any atom is 0.175 e. The van der Waals surface area contributed by atoms with Gasteiger partial charge in [-0.3, -0.25) is 4.79 Å². The highest BCUT2D eigenvalue weighted by molar-refractivity contribution is 6.31. The third kappa shape index (κ3) is 5.77. The Hall–Kier alpha value is -3.56. The van der Waals surface area contributed by atoms with E-state index < -0.39 is 47.6 Å². The van der Waals surface area contributed by atoms with Crippen LogP contribution in [0, 0.1) is 5.41 Å². The lowest BCUT2D eigenvalue weighted by molar-refractivity contribution is -0.202. The average Bonchev–Trinajstić information content (AvgIpc) is 3.27. The summed E-state index contributed by atoms with van der Waals surface area (Å²) in [7, 11) is 0. The summed E-state index contributed by atoms with van der Waals surface area (Å²) in [5, 5.41) is 35.4. The second kappa shape index (κ2) is 13.7. The molecule has 0 saturated heterocycles. The van der Waals surface area contributed by atoms with Crippen molar-refractivity contribution in [2.75, 3.05) is 13.2 Å². The maximum absolute atomic E-state index is 14.3. The van der Waals surface area contributed by atoms with Crippen LogP contribution in [0.25, 0.3) is 0 Å². The van der Waals surface area contributed by atoms with E-state index in [-0.39, 0.29) is 19.6 Å². The number of aliphatic hydroxyl groups is 3. The fraction of sp³-hybridized carbons (Fsp3) is 0.342. The fourth-order valence-corrected chi connectivity index (χ4v) is 7.42. The van der Waals surface area contributed by atoms with Gasteiger partial charge in [-0.05, 0) is 65.8 Å². The van der Waals surface area contributed by atoms with Crippen molar-refractivity contribution in [1.29, 1.82) is 0 Å². The quantitative estimate of drug-likeness (QED) is 0.189. The van der Waals surface area contributed by atoms with E-state index in [0.29, 0.717) is 23.6 Å². The van der Waals surface area contributed by atoms with Crippen LogP contribution in [0.2, 0.25) is 5.02 Å². The van der Waals surface area contributed by atoms with E-state index in [9.17, 15) is 20.1 Å².